The largest absolute Gasteiger partial charge is 0.479 e. The fourth-order valence-corrected chi connectivity index (χ4v) is 2.13. The quantitative estimate of drug-likeness (QED) is 0.806. The first-order valence-electron chi connectivity index (χ1n) is 5.83. The number of aromatic nitrogens is 2. The monoisotopic (exact) mass is 336 g/mol. The number of nitrogens with zero attached hydrogens (tertiary/aromatic N) is 2. The number of methoxy groups -OCH3 is 2. The van der Waals surface area contributed by atoms with E-state index in [1.54, 1.807) is 0 Å². The van der Waals surface area contributed by atoms with Crippen LogP contribution in [-0.4, -0.2) is 30.2 Å². The van der Waals surface area contributed by atoms with Gasteiger partial charge in [-0.05, 0) is 18.6 Å². The Bertz CT molecular complexity index is 659. The van der Waals surface area contributed by atoms with E-state index in [0.29, 0.717) is 5.69 Å². The highest BCUT2D eigenvalue weighted by molar-refractivity contribution is 9.10. The van der Waals surface area contributed by atoms with E-state index in [0.717, 1.165) is 15.6 Å². The third-order valence-corrected chi connectivity index (χ3v) is 3.72. The van der Waals surface area contributed by atoms with Crippen molar-refractivity contribution in [1.29, 1.82) is 0 Å². The number of hydrogen-bond donors (Lipinski definition) is 0. The molecule has 1 heterocycles. The molecule has 2 aromatic rings. The van der Waals surface area contributed by atoms with Crippen LogP contribution in [0.5, 0.6) is 5.88 Å². The predicted octanol–water partition coefficient (Wildman–Crippen LogP) is 3.01. The average Bonchev–Trinajstić information content (AvgIpc) is 2.48. The van der Waals surface area contributed by atoms with Gasteiger partial charge in [-0.25, -0.2) is 14.8 Å². The van der Waals surface area contributed by atoms with E-state index in [1.165, 1.54) is 20.4 Å². The molecule has 0 spiro atoms. The van der Waals surface area contributed by atoms with Crippen molar-refractivity contribution in [2.45, 2.75) is 6.92 Å². The number of benzene rings is 1. The molecule has 0 aliphatic rings. The van der Waals surface area contributed by atoms with Crippen molar-refractivity contribution in [2.24, 2.45) is 0 Å². The van der Waals surface area contributed by atoms with Crippen LogP contribution in [0.4, 0.5) is 0 Å². The molecule has 1 aromatic heterocycles. The highest BCUT2D eigenvalue weighted by atomic mass is 79.9. The first-order chi connectivity index (χ1) is 9.58. The molecule has 0 saturated carbocycles. The smallest absolute Gasteiger partial charge is 0.362 e. The summed E-state index contributed by atoms with van der Waals surface area (Å²) in [6, 6.07) is 5.79. The maximum atomic E-state index is 11.5. The second kappa shape index (κ2) is 6.00. The van der Waals surface area contributed by atoms with Crippen molar-refractivity contribution in [3.05, 3.63) is 40.1 Å². The molecule has 1 aromatic carbocycles. The zero-order valence-corrected chi connectivity index (χ0v) is 12.9. The van der Waals surface area contributed by atoms with Crippen LogP contribution >= 0.6 is 15.9 Å². The van der Waals surface area contributed by atoms with Crippen LogP contribution < -0.4 is 4.74 Å². The van der Waals surface area contributed by atoms with Gasteiger partial charge in [-0.2, -0.15) is 0 Å². The van der Waals surface area contributed by atoms with Gasteiger partial charge in [-0.3, -0.25) is 0 Å². The molecule has 0 N–H and O–H groups in total. The van der Waals surface area contributed by atoms with Crippen molar-refractivity contribution >= 4 is 21.9 Å². The Morgan fingerprint density at radius 1 is 1.30 bits per heavy atom. The first-order valence-corrected chi connectivity index (χ1v) is 6.62. The summed E-state index contributed by atoms with van der Waals surface area (Å²) in [5.41, 5.74) is 2.65. The summed E-state index contributed by atoms with van der Waals surface area (Å²) >= 11 is 3.47. The number of carbonyl (C=O) groups is 1. The van der Waals surface area contributed by atoms with E-state index >= 15 is 0 Å². The molecule has 0 aliphatic carbocycles. The van der Waals surface area contributed by atoms with E-state index < -0.39 is 5.97 Å². The first kappa shape index (κ1) is 14.5. The molecule has 0 aliphatic heterocycles. The van der Waals surface area contributed by atoms with Crippen LogP contribution in [0.25, 0.3) is 11.3 Å². The summed E-state index contributed by atoms with van der Waals surface area (Å²) in [5, 5.41) is 0. The van der Waals surface area contributed by atoms with Crippen molar-refractivity contribution < 1.29 is 14.3 Å². The molecule has 0 bridgehead atoms. The molecule has 6 heteroatoms. The van der Waals surface area contributed by atoms with Crippen LogP contribution in [0, 0.1) is 6.92 Å². The number of halogens is 1. The maximum absolute atomic E-state index is 11.5. The Hall–Kier alpha value is -1.95. The number of hydrogen-bond acceptors (Lipinski definition) is 5. The van der Waals surface area contributed by atoms with Crippen molar-refractivity contribution in [2.75, 3.05) is 14.2 Å². The fraction of sp³-hybridized carbons (Fsp3) is 0.214. The Morgan fingerprint density at radius 3 is 2.70 bits per heavy atom. The van der Waals surface area contributed by atoms with Gasteiger partial charge in [0.05, 0.1) is 26.1 Å². The van der Waals surface area contributed by atoms with Gasteiger partial charge in [0.15, 0.2) is 0 Å². The van der Waals surface area contributed by atoms with E-state index in [4.69, 9.17) is 4.74 Å². The predicted molar refractivity (Wildman–Crippen MR) is 77.8 cm³/mol. The molecule has 0 amide bonds. The number of rotatable bonds is 3. The van der Waals surface area contributed by atoms with Crippen LogP contribution in [0.1, 0.15) is 16.1 Å². The van der Waals surface area contributed by atoms with Crippen LogP contribution in [0.2, 0.25) is 0 Å². The van der Waals surface area contributed by atoms with Crippen LogP contribution in [-0.2, 0) is 4.74 Å². The topological polar surface area (TPSA) is 61.3 Å². The molecule has 20 heavy (non-hydrogen) atoms. The van der Waals surface area contributed by atoms with Gasteiger partial charge in [0.2, 0.25) is 11.6 Å². The molecule has 0 fully saturated rings. The second-order valence-corrected chi connectivity index (χ2v) is 4.87. The summed E-state index contributed by atoms with van der Waals surface area (Å²) in [6.07, 6.45) is 1.53. The third-order valence-electron chi connectivity index (χ3n) is 2.86. The SMILES string of the molecule is COC(=O)c1ncc(-c2cccc(Br)c2C)nc1OC. The highest BCUT2D eigenvalue weighted by Crippen LogP contribution is 2.28. The average molecular weight is 337 g/mol. The molecule has 5 nitrogen and oxygen atoms in total. The lowest BCUT2D eigenvalue weighted by Gasteiger charge is -2.10. The minimum absolute atomic E-state index is 0.0615. The van der Waals surface area contributed by atoms with Gasteiger partial charge < -0.3 is 9.47 Å². The van der Waals surface area contributed by atoms with Crippen molar-refractivity contribution in [3.63, 3.8) is 0 Å². The molecule has 0 atom stereocenters. The lowest BCUT2D eigenvalue weighted by molar-refractivity contribution is 0.0589. The summed E-state index contributed by atoms with van der Waals surface area (Å²) in [6.45, 7) is 1.97. The number of ether oxygens (including phenoxy) is 2. The summed E-state index contributed by atoms with van der Waals surface area (Å²) < 4.78 is 10.7. The van der Waals surface area contributed by atoms with Crippen molar-refractivity contribution in [3.8, 4) is 17.1 Å². The summed E-state index contributed by atoms with van der Waals surface area (Å²) in [5.74, 6) is -0.430. The summed E-state index contributed by atoms with van der Waals surface area (Å²) in [4.78, 5) is 20.0. The lowest BCUT2D eigenvalue weighted by Crippen LogP contribution is -2.09. The zero-order chi connectivity index (χ0) is 14.7. The third kappa shape index (κ3) is 2.65. The minimum Gasteiger partial charge on any atom is -0.479 e. The zero-order valence-electron chi connectivity index (χ0n) is 11.3. The molecular formula is C14H13BrN2O3. The van der Waals surface area contributed by atoms with Crippen LogP contribution in [0.15, 0.2) is 28.9 Å². The Morgan fingerprint density at radius 2 is 2.05 bits per heavy atom. The molecular weight excluding hydrogens is 324 g/mol. The maximum Gasteiger partial charge on any atom is 0.362 e. The molecule has 0 radical (unpaired) electrons. The Balaban J connectivity index is 2.54. The van der Waals surface area contributed by atoms with Gasteiger partial charge in [0.25, 0.3) is 0 Å². The molecule has 104 valence electrons. The standard InChI is InChI=1S/C14H13BrN2O3/c1-8-9(5-4-6-10(8)15)11-7-16-12(14(18)20-3)13(17-11)19-2/h4-7H,1-3H3. The normalized spacial score (nSPS) is 10.2. The van der Waals surface area contributed by atoms with Gasteiger partial charge in [-0.15, -0.1) is 0 Å². The van der Waals surface area contributed by atoms with Gasteiger partial charge in [0, 0.05) is 10.0 Å². The molecule has 0 saturated heterocycles. The molecule has 0 unspecified atom stereocenters. The van der Waals surface area contributed by atoms with Crippen LogP contribution in [0.3, 0.4) is 0 Å². The van der Waals surface area contributed by atoms with Gasteiger partial charge in [-0.1, -0.05) is 28.1 Å². The highest BCUT2D eigenvalue weighted by Gasteiger charge is 2.18. The van der Waals surface area contributed by atoms with Crippen molar-refractivity contribution in [1.82, 2.24) is 9.97 Å². The van der Waals surface area contributed by atoms with E-state index in [9.17, 15) is 4.79 Å². The summed E-state index contributed by atoms with van der Waals surface area (Å²) in [7, 11) is 2.73. The van der Waals surface area contributed by atoms with E-state index in [-0.39, 0.29) is 11.6 Å². The number of esters is 1. The number of carbonyl (C=O) groups excluding carboxylic acids is 1. The van der Waals surface area contributed by atoms with Gasteiger partial charge >= 0.3 is 5.97 Å². The Labute approximate surface area is 125 Å². The fourth-order valence-electron chi connectivity index (χ4n) is 1.77. The lowest BCUT2D eigenvalue weighted by atomic mass is 10.1. The van der Waals surface area contributed by atoms with E-state index in [1.807, 2.05) is 25.1 Å². The van der Waals surface area contributed by atoms with Gasteiger partial charge in [0.1, 0.15) is 0 Å². The minimum atomic E-state index is -0.577. The van der Waals surface area contributed by atoms with E-state index in [2.05, 4.69) is 30.6 Å². The molecule has 2 rings (SSSR count). The Kier molecular flexibility index (Phi) is 4.34. The second-order valence-electron chi connectivity index (χ2n) is 4.02.